The fraction of sp³-hybridized carbons (Fsp3) is 0.455. The van der Waals surface area contributed by atoms with Crippen LogP contribution in [0.3, 0.4) is 0 Å². The molecule has 2 rings (SSSR count). The Balaban J connectivity index is 0.00000128. The second-order valence-electron chi connectivity index (χ2n) is 4.03. The van der Waals surface area contributed by atoms with Gasteiger partial charge in [0.1, 0.15) is 5.82 Å². The predicted octanol–water partition coefficient (Wildman–Crippen LogP) is 2.43. The fourth-order valence-electron chi connectivity index (χ4n) is 1.90. The van der Waals surface area contributed by atoms with Crippen molar-refractivity contribution in [3.05, 3.63) is 34.6 Å². The third-order valence-electron chi connectivity index (χ3n) is 2.70. The number of halogens is 3. The van der Waals surface area contributed by atoms with Gasteiger partial charge in [-0.1, -0.05) is 17.7 Å². The number of benzene rings is 1. The highest BCUT2D eigenvalue weighted by atomic mass is 35.5. The summed E-state index contributed by atoms with van der Waals surface area (Å²) in [4.78, 5) is 2.26. The summed E-state index contributed by atoms with van der Waals surface area (Å²) < 4.78 is 12.9. The van der Waals surface area contributed by atoms with Crippen LogP contribution in [0.15, 0.2) is 18.2 Å². The van der Waals surface area contributed by atoms with E-state index in [4.69, 9.17) is 17.3 Å². The highest BCUT2D eigenvalue weighted by Crippen LogP contribution is 2.18. The van der Waals surface area contributed by atoms with Crippen LogP contribution in [0, 0.1) is 5.82 Å². The van der Waals surface area contributed by atoms with Gasteiger partial charge in [0, 0.05) is 25.7 Å². The largest absolute Gasteiger partial charge is 0.326 e. The van der Waals surface area contributed by atoms with E-state index in [9.17, 15) is 4.39 Å². The number of hydrogen-bond donors (Lipinski definition) is 1. The molecule has 1 aliphatic rings. The van der Waals surface area contributed by atoms with Crippen molar-refractivity contribution in [2.45, 2.75) is 19.0 Å². The molecule has 0 aromatic heterocycles. The van der Waals surface area contributed by atoms with Gasteiger partial charge in [0.15, 0.2) is 0 Å². The molecule has 0 bridgehead atoms. The first-order valence-corrected chi connectivity index (χ1v) is 5.45. The molecule has 1 aromatic carbocycles. The molecule has 0 spiro atoms. The Bertz CT molecular complexity index is 360. The fourth-order valence-corrected chi connectivity index (χ4v) is 2.11. The van der Waals surface area contributed by atoms with Crippen molar-refractivity contribution in [2.24, 2.45) is 5.73 Å². The molecule has 2 N–H and O–H groups in total. The van der Waals surface area contributed by atoms with Gasteiger partial charge in [-0.25, -0.2) is 4.39 Å². The topological polar surface area (TPSA) is 29.3 Å². The maximum Gasteiger partial charge on any atom is 0.141 e. The Morgan fingerprint density at radius 1 is 1.50 bits per heavy atom. The van der Waals surface area contributed by atoms with Gasteiger partial charge in [0.2, 0.25) is 0 Å². The molecule has 1 heterocycles. The molecule has 0 unspecified atom stereocenters. The molecule has 1 atom stereocenters. The van der Waals surface area contributed by atoms with E-state index in [0.29, 0.717) is 0 Å². The first-order valence-electron chi connectivity index (χ1n) is 5.07. The van der Waals surface area contributed by atoms with E-state index in [0.717, 1.165) is 31.6 Å². The number of nitrogens with zero attached hydrogens (tertiary/aromatic N) is 1. The van der Waals surface area contributed by atoms with Crippen molar-refractivity contribution in [3.8, 4) is 0 Å². The van der Waals surface area contributed by atoms with Gasteiger partial charge in [-0.15, -0.1) is 12.4 Å². The lowest BCUT2D eigenvalue weighted by atomic mass is 10.2. The van der Waals surface area contributed by atoms with Crippen molar-refractivity contribution >= 4 is 24.0 Å². The van der Waals surface area contributed by atoms with Crippen molar-refractivity contribution in [1.29, 1.82) is 0 Å². The van der Waals surface area contributed by atoms with E-state index in [2.05, 4.69) is 4.90 Å². The first-order chi connectivity index (χ1) is 7.15. The van der Waals surface area contributed by atoms with E-state index in [-0.39, 0.29) is 29.3 Å². The molecule has 1 fully saturated rings. The quantitative estimate of drug-likeness (QED) is 0.889. The van der Waals surface area contributed by atoms with E-state index in [1.54, 1.807) is 12.1 Å². The summed E-state index contributed by atoms with van der Waals surface area (Å²) in [6.07, 6.45) is 1.04. The van der Waals surface area contributed by atoms with Crippen molar-refractivity contribution in [3.63, 3.8) is 0 Å². The maximum atomic E-state index is 12.9. The van der Waals surface area contributed by atoms with Crippen LogP contribution in [0.25, 0.3) is 0 Å². The van der Waals surface area contributed by atoms with Crippen molar-refractivity contribution in [2.75, 3.05) is 13.1 Å². The molecule has 2 nitrogen and oxygen atoms in total. The van der Waals surface area contributed by atoms with Gasteiger partial charge < -0.3 is 5.73 Å². The molecule has 0 amide bonds. The third-order valence-corrected chi connectivity index (χ3v) is 2.99. The SMILES string of the molecule is Cl.N[C@@H]1CCN(Cc2ccc(F)c(Cl)c2)C1. The number of rotatable bonds is 2. The summed E-state index contributed by atoms with van der Waals surface area (Å²) >= 11 is 5.71. The zero-order chi connectivity index (χ0) is 10.8. The van der Waals surface area contributed by atoms with E-state index >= 15 is 0 Å². The standard InChI is InChI=1S/C11H14ClFN2.ClH/c12-10-5-8(1-2-11(10)13)6-15-4-3-9(14)7-15;/h1-2,5,9H,3-4,6-7,14H2;1H/t9-;/m1./s1. The third kappa shape index (κ3) is 3.32. The Kier molecular flexibility index (Phi) is 4.99. The second-order valence-corrected chi connectivity index (χ2v) is 4.44. The molecule has 16 heavy (non-hydrogen) atoms. The van der Waals surface area contributed by atoms with Crippen LogP contribution in [-0.2, 0) is 6.54 Å². The maximum absolute atomic E-state index is 12.9. The molecule has 5 heteroatoms. The molecular weight excluding hydrogens is 250 g/mol. The zero-order valence-corrected chi connectivity index (χ0v) is 10.4. The molecule has 0 radical (unpaired) electrons. The zero-order valence-electron chi connectivity index (χ0n) is 8.83. The minimum Gasteiger partial charge on any atom is -0.326 e. The number of nitrogens with two attached hydrogens (primary N) is 1. The average Bonchev–Trinajstić information content (AvgIpc) is 2.58. The summed E-state index contributed by atoms with van der Waals surface area (Å²) in [5, 5.41) is 0.191. The van der Waals surface area contributed by atoms with Gasteiger partial charge in [-0.3, -0.25) is 4.90 Å². The van der Waals surface area contributed by atoms with E-state index in [1.165, 1.54) is 6.07 Å². The summed E-state index contributed by atoms with van der Waals surface area (Å²) in [5.74, 6) is -0.362. The molecule has 0 aliphatic carbocycles. The summed E-state index contributed by atoms with van der Waals surface area (Å²) in [6.45, 7) is 2.72. The minimum atomic E-state index is -0.362. The van der Waals surface area contributed by atoms with Gasteiger partial charge in [-0.05, 0) is 24.1 Å². The first kappa shape index (κ1) is 13.7. The van der Waals surface area contributed by atoms with Gasteiger partial charge >= 0.3 is 0 Å². The second kappa shape index (κ2) is 5.82. The van der Waals surface area contributed by atoms with Crippen LogP contribution in [-0.4, -0.2) is 24.0 Å². The predicted molar refractivity (Wildman–Crippen MR) is 66.5 cm³/mol. The van der Waals surface area contributed by atoms with Crippen LogP contribution < -0.4 is 5.73 Å². The Morgan fingerprint density at radius 2 is 2.25 bits per heavy atom. The van der Waals surface area contributed by atoms with Gasteiger partial charge in [0.05, 0.1) is 5.02 Å². The van der Waals surface area contributed by atoms with Crippen LogP contribution in [0.2, 0.25) is 5.02 Å². The Labute approximate surface area is 106 Å². The van der Waals surface area contributed by atoms with Crippen molar-refractivity contribution in [1.82, 2.24) is 4.90 Å². The lowest BCUT2D eigenvalue weighted by molar-refractivity contribution is 0.327. The average molecular weight is 265 g/mol. The highest BCUT2D eigenvalue weighted by molar-refractivity contribution is 6.30. The van der Waals surface area contributed by atoms with Crippen LogP contribution in [0.5, 0.6) is 0 Å². The van der Waals surface area contributed by atoms with Crippen molar-refractivity contribution < 1.29 is 4.39 Å². The molecule has 0 saturated carbocycles. The summed E-state index contributed by atoms with van der Waals surface area (Å²) in [6, 6.07) is 5.14. The highest BCUT2D eigenvalue weighted by Gasteiger charge is 2.18. The lowest BCUT2D eigenvalue weighted by Crippen LogP contribution is -2.26. The molecule has 90 valence electrons. The molecular formula is C11H15Cl2FN2. The van der Waals surface area contributed by atoms with Gasteiger partial charge in [0.25, 0.3) is 0 Å². The normalized spacial score (nSPS) is 20.8. The Morgan fingerprint density at radius 3 is 2.81 bits per heavy atom. The summed E-state index contributed by atoms with van der Waals surface area (Å²) in [7, 11) is 0. The molecule has 1 aliphatic heterocycles. The molecule has 1 aromatic rings. The van der Waals surface area contributed by atoms with Gasteiger partial charge in [-0.2, -0.15) is 0 Å². The van der Waals surface area contributed by atoms with Crippen LogP contribution in [0.4, 0.5) is 4.39 Å². The number of hydrogen-bond acceptors (Lipinski definition) is 2. The van der Waals surface area contributed by atoms with Crippen LogP contribution >= 0.6 is 24.0 Å². The Hall–Kier alpha value is -0.350. The number of likely N-dealkylation sites (tertiary alicyclic amines) is 1. The van der Waals surface area contributed by atoms with E-state index < -0.39 is 0 Å². The minimum absolute atomic E-state index is 0. The van der Waals surface area contributed by atoms with Crippen LogP contribution in [0.1, 0.15) is 12.0 Å². The lowest BCUT2D eigenvalue weighted by Gasteiger charge is -2.15. The van der Waals surface area contributed by atoms with E-state index in [1.807, 2.05) is 0 Å². The monoisotopic (exact) mass is 264 g/mol. The summed E-state index contributed by atoms with van der Waals surface area (Å²) in [5.41, 5.74) is 6.84. The smallest absolute Gasteiger partial charge is 0.141 e. The molecule has 1 saturated heterocycles.